The maximum absolute atomic E-state index is 15.0. The van der Waals surface area contributed by atoms with Gasteiger partial charge in [-0.15, -0.1) is 0 Å². The molecule has 1 fully saturated rings. The van der Waals surface area contributed by atoms with Crippen molar-refractivity contribution in [2.75, 3.05) is 5.32 Å². The number of hydrogen-bond donors (Lipinski definition) is 2. The number of benzene rings is 1. The van der Waals surface area contributed by atoms with Gasteiger partial charge in [0, 0.05) is 42.5 Å². The Balaban J connectivity index is 1.55. The Bertz CT molecular complexity index is 1320. The Morgan fingerprint density at radius 3 is 2.69 bits per heavy atom. The molecule has 2 aromatic heterocycles. The van der Waals surface area contributed by atoms with Crippen LogP contribution >= 0.6 is 0 Å². The molecule has 1 aliphatic carbocycles. The number of anilines is 1. The van der Waals surface area contributed by atoms with Crippen LogP contribution in [0.25, 0.3) is 0 Å². The van der Waals surface area contributed by atoms with E-state index in [1.807, 2.05) is 6.07 Å². The SMILES string of the molecule is CCC(=O)c1ccc(F)c([C@@H]2C[C@@H]2NC(=O)Nc2ccc(C#N)cn2)c1OC(=O)c1cccnc1. The number of nitrogens with one attached hydrogen (secondary N) is 2. The van der Waals surface area contributed by atoms with Gasteiger partial charge in [0.1, 0.15) is 23.5 Å². The lowest BCUT2D eigenvalue weighted by Crippen LogP contribution is -2.31. The van der Waals surface area contributed by atoms with Crippen LogP contribution in [0.4, 0.5) is 15.0 Å². The second-order valence-corrected chi connectivity index (χ2v) is 7.84. The molecule has 0 radical (unpaired) electrons. The quantitative estimate of drug-likeness (QED) is 0.301. The minimum Gasteiger partial charge on any atom is -0.422 e. The molecule has 0 aliphatic heterocycles. The lowest BCUT2D eigenvalue weighted by molar-refractivity contribution is 0.0729. The van der Waals surface area contributed by atoms with Gasteiger partial charge in [-0.25, -0.2) is 19.0 Å². The molecule has 2 amide bonds. The molecular formula is C25H20FN5O4. The summed E-state index contributed by atoms with van der Waals surface area (Å²) < 4.78 is 20.5. The minimum absolute atomic E-state index is 0.0586. The van der Waals surface area contributed by atoms with Gasteiger partial charge in [0.2, 0.25) is 0 Å². The van der Waals surface area contributed by atoms with Crippen molar-refractivity contribution in [2.45, 2.75) is 31.7 Å². The first kappa shape index (κ1) is 23.5. The number of Topliss-reactive ketones (excluding diaryl/α,β-unsaturated/α-hetero) is 1. The number of pyridine rings is 2. The average molecular weight is 473 g/mol. The summed E-state index contributed by atoms with van der Waals surface area (Å²) >= 11 is 0. The Labute approximate surface area is 200 Å². The fourth-order valence-electron chi connectivity index (χ4n) is 3.60. The molecule has 0 unspecified atom stereocenters. The normalized spacial score (nSPS) is 16.0. The summed E-state index contributed by atoms with van der Waals surface area (Å²) in [6.07, 6.45) is 4.65. The van der Waals surface area contributed by atoms with Crippen molar-refractivity contribution in [3.8, 4) is 11.8 Å². The highest BCUT2D eigenvalue weighted by Crippen LogP contribution is 2.47. The van der Waals surface area contributed by atoms with E-state index in [4.69, 9.17) is 10.00 Å². The second kappa shape index (κ2) is 10.1. The molecule has 10 heteroatoms. The van der Waals surface area contributed by atoms with Crippen LogP contribution in [-0.2, 0) is 0 Å². The van der Waals surface area contributed by atoms with Crippen molar-refractivity contribution in [2.24, 2.45) is 0 Å². The van der Waals surface area contributed by atoms with Gasteiger partial charge in [-0.2, -0.15) is 5.26 Å². The molecule has 0 spiro atoms. The number of urea groups is 1. The second-order valence-electron chi connectivity index (χ2n) is 7.84. The molecule has 0 bridgehead atoms. The Morgan fingerprint density at radius 2 is 2.03 bits per heavy atom. The maximum Gasteiger partial charge on any atom is 0.345 e. The average Bonchev–Trinajstić information content (AvgIpc) is 3.62. The fourth-order valence-corrected chi connectivity index (χ4v) is 3.60. The van der Waals surface area contributed by atoms with Gasteiger partial charge < -0.3 is 10.1 Å². The Hall–Kier alpha value is -4.65. The highest BCUT2D eigenvalue weighted by Gasteiger charge is 2.44. The minimum atomic E-state index is -0.773. The molecule has 4 rings (SSSR count). The van der Waals surface area contributed by atoms with E-state index in [9.17, 15) is 18.8 Å². The predicted octanol–water partition coefficient (Wildman–Crippen LogP) is 3.98. The molecule has 1 saturated carbocycles. The summed E-state index contributed by atoms with van der Waals surface area (Å²) in [5.41, 5.74) is 0.655. The number of halogens is 1. The van der Waals surface area contributed by atoms with E-state index in [0.29, 0.717) is 12.0 Å². The zero-order valence-corrected chi connectivity index (χ0v) is 18.6. The summed E-state index contributed by atoms with van der Waals surface area (Å²) in [5, 5.41) is 14.1. The maximum atomic E-state index is 15.0. The molecule has 0 saturated heterocycles. The number of carbonyl (C=O) groups is 3. The monoisotopic (exact) mass is 473 g/mol. The van der Waals surface area contributed by atoms with E-state index in [2.05, 4.69) is 20.6 Å². The summed E-state index contributed by atoms with van der Waals surface area (Å²) in [4.78, 5) is 45.5. The summed E-state index contributed by atoms with van der Waals surface area (Å²) in [6.45, 7) is 1.65. The van der Waals surface area contributed by atoms with E-state index < -0.39 is 29.8 Å². The van der Waals surface area contributed by atoms with Crippen molar-refractivity contribution in [1.82, 2.24) is 15.3 Å². The smallest absolute Gasteiger partial charge is 0.345 e. The fraction of sp³-hybridized carbons (Fsp3) is 0.200. The highest BCUT2D eigenvalue weighted by atomic mass is 19.1. The van der Waals surface area contributed by atoms with Crippen LogP contribution in [0.3, 0.4) is 0 Å². The van der Waals surface area contributed by atoms with Gasteiger partial charge >= 0.3 is 12.0 Å². The predicted molar refractivity (Wildman–Crippen MR) is 122 cm³/mol. The number of ketones is 1. The number of carbonyl (C=O) groups excluding carboxylic acids is 3. The van der Waals surface area contributed by atoms with E-state index in [1.165, 1.54) is 42.9 Å². The third-order valence-electron chi connectivity index (χ3n) is 5.47. The molecule has 176 valence electrons. The number of esters is 1. The lowest BCUT2D eigenvalue weighted by atomic mass is 10.00. The molecule has 35 heavy (non-hydrogen) atoms. The van der Waals surface area contributed by atoms with Crippen LogP contribution in [0, 0.1) is 17.1 Å². The van der Waals surface area contributed by atoms with Crippen LogP contribution in [0.5, 0.6) is 5.75 Å². The zero-order valence-electron chi connectivity index (χ0n) is 18.6. The van der Waals surface area contributed by atoms with E-state index in [0.717, 1.165) is 6.07 Å². The Kier molecular flexibility index (Phi) is 6.78. The van der Waals surface area contributed by atoms with Crippen molar-refractivity contribution < 1.29 is 23.5 Å². The van der Waals surface area contributed by atoms with Crippen molar-refractivity contribution in [1.29, 1.82) is 5.26 Å². The number of ether oxygens (including phenoxy) is 1. The van der Waals surface area contributed by atoms with E-state index in [1.54, 1.807) is 13.0 Å². The highest BCUT2D eigenvalue weighted by molar-refractivity contribution is 6.01. The van der Waals surface area contributed by atoms with E-state index >= 15 is 0 Å². The molecule has 9 nitrogen and oxygen atoms in total. The van der Waals surface area contributed by atoms with Crippen LogP contribution < -0.4 is 15.4 Å². The van der Waals surface area contributed by atoms with Gasteiger partial charge in [0.15, 0.2) is 5.78 Å². The number of amides is 2. The number of hydrogen-bond acceptors (Lipinski definition) is 7. The summed E-state index contributed by atoms with van der Waals surface area (Å²) in [7, 11) is 0. The standard InChI is InChI=1S/C25H20FN5O4/c1-2-20(32)16-6-7-18(26)22(23(16)35-24(33)15-4-3-9-28-13-15)17-10-19(17)30-25(34)31-21-8-5-14(11-27)12-29-21/h3-9,12-13,17,19H,2,10H2,1H3,(H2,29,30,31,34)/t17-,19+/m1/s1. The van der Waals surface area contributed by atoms with Gasteiger partial charge in [-0.3, -0.25) is 15.1 Å². The molecule has 2 N–H and O–H groups in total. The van der Waals surface area contributed by atoms with Gasteiger partial charge in [-0.1, -0.05) is 6.92 Å². The van der Waals surface area contributed by atoms with Crippen LogP contribution in [0.1, 0.15) is 57.5 Å². The number of rotatable bonds is 7. The van der Waals surface area contributed by atoms with Crippen molar-refractivity contribution in [3.05, 3.63) is 83.1 Å². The third kappa shape index (κ3) is 5.30. The van der Waals surface area contributed by atoms with Gasteiger partial charge in [-0.05, 0) is 42.8 Å². The first-order valence-corrected chi connectivity index (χ1v) is 10.8. The number of nitrogens with zero attached hydrogens (tertiary/aromatic N) is 3. The van der Waals surface area contributed by atoms with Crippen LogP contribution in [-0.4, -0.2) is 33.8 Å². The number of nitriles is 1. The number of aromatic nitrogens is 2. The first-order valence-electron chi connectivity index (χ1n) is 10.8. The Morgan fingerprint density at radius 1 is 1.20 bits per heavy atom. The van der Waals surface area contributed by atoms with E-state index in [-0.39, 0.29) is 40.5 Å². The topological polar surface area (TPSA) is 134 Å². The summed E-state index contributed by atoms with van der Waals surface area (Å²) in [5.74, 6) is -2.13. The first-order chi connectivity index (χ1) is 16.9. The van der Waals surface area contributed by atoms with Crippen LogP contribution in [0.15, 0.2) is 55.0 Å². The zero-order chi connectivity index (χ0) is 24.9. The van der Waals surface area contributed by atoms with Crippen molar-refractivity contribution in [3.63, 3.8) is 0 Å². The van der Waals surface area contributed by atoms with Crippen molar-refractivity contribution >= 4 is 23.6 Å². The van der Waals surface area contributed by atoms with Gasteiger partial charge in [0.05, 0.1) is 16.7 Å². The van der Waals surface area contributed by atoms with Crippen LogP contribution in [0.2, 0.25) is 0 Å². The largest absolute Gasteiger partial charge is 0.422 e. The molecule has 2 atom stereocenters. The molecule has 3 aromatic rings. The van der Waals surface area contributed by atoms with Gasteiger partial charge in [0.25, 0.3) is 0 Å². The molecule has 2 heterocycles. The third-order valence-corrected chi connectivity index (χ3v) is 5.47. The molecule has 1 aromatic carbocycles. The molecular weight excluding hydrogens is 453 g/mol. The summed E-state index contributed by atoms with van der Waals surface area (Å²) in [6, 6.07) is 9.43. The lowest BCUT2D eigenvalue weighted by Gasteiger charge is -2.15. The molecule has 1 aliphatic rings.